The average Bonchev–Trinajstić information content (AvgIpc) is 3.08. The molecule has 24 heavy (non-hydrogen) atoms. The van der Waals surface area contributed by atoms with Crippen LogP contribution in [-0.4, -0.2) is 41.8 Å². The zero-order chi connectivity index (χ0) is 16.7. The first kappa shape index (κ1) is 15.3. The Kier molecular flexibility index (Phi) is 3.85. The number of nitrogens with zero attached hydrogens (tertiary/aromatic N) is 2. The van der Waals surface area contributed by atoms with Gasteiger partial charge in [-0.1, -0.05) is 12.1 Å². The summed E-state index contributed by atoms with van der Waals surface area (Å²) >= 11 is 3.20. The molecule has 122 valence electrons. The van der Waals surface area contributed by atoms with Crippen molar-refractivity contribution in [3.8, 4) is 11.4 Å². The maximum absolute atomic E-state index is 11.6. The third-order valence-electron chi connectivity index (χ3n) is 3.85. The monoisotopic (exact) mass is 359 g/mol. The highest BCUT2D eigenvalue weighted by atomic mass is 32.2. The summed E-state index contributed by atoms with van der Waals surface area (Å²) in [5.74, 6) is -0.352. The molecule has 8 heteroatoms. The van der Waals surface area contributed by atoms with Gasteiger partial charge >= 0.3 is 5.97 Å². The minimum absolute atomic E-state index is 0.0279. The molecule has 1 unspecified atom stereocenters. The van der Waals surface area contributed by atoms with Crippen LogP contribution in [0.2, 0.25) is 0 Å². The van der Waals surface area contributed by atoms with E-state index in [0.717, 1.165) is 16.3 Å². The van der Waals surface area contributed by atoms with Gasteiger partial charge in [-0.25, -0.2) is 9.78 Å². The number of imidazole rings is 1. The van der Waals surface area contributed by atoms with Crippen LogP contribution in [0.3, 0.4) is 0 Å². The van der Waals surface area contributed by atoms with Gasteiger partial charge in [-0.3, -0.25) is 9.69 Å². The van der Waals surface area contributed by atoms with Crippen LogP contribution in [0.4, 0.5) is 0 Å². The second-order valence-electron chi connectivity index (χ2n) is 5.36. The summed E-state index contributed by atoms with van der Waals surface area (Å²) in [5.41, 5.74) is 1.10. The summed E-state index contributed by atoms with van der Waals surface area (Å²) in [6.07, 6.45) is 5.55. The van der Waals surface area contributed by atoms with Crippen molar-refractivity contribution in [2.75, 3.05) is 0 Å². The van der Waals surface area contributed by atoms with E-state index in [1.807, 2.05) is 24.3 Å². The van der Waals surface area contributed by atoms with Crippen molar-refractivity contribution < 1.29 is 14.7 Å². The number of rotatable bonds is 4. The maximum Gasteiger partial charge on any atom is 0.352 e. The van der Waals surface area contributed by atoms with Gasteiger partial charge in [0.15, 0.2) is 0 Å². The number of aliphatic carboxylic acids is 1. The van der Waals surface area contributed by atoms with Gasteiger partial charge in [0.25, 0.3) is 0 Å². The molecule has 3 heterocycles. The Labute approximate surface area is 146 Å². The highest BCUT2D eigenvalue weighted by Gasteiger charge is 2.45. The Balaban J connectivity index is 1.52. The quantitative estimate of drug-likeness (QED) is 0.817. The Hall–Kier alpha value is -2.19. The molecule has 1 saturated heterocycles. The molecule has 2 aromatic rings. The second-order valence-corrected chi connectivity index (χ2v) is 8.20. The van der Waals surface area contributed by atoms with Crippen molar-refractivity contribution in [1.82, 2.24) is 14.9 Å². The predicted octanol–water partition coefficient (Wildman–Crippen LogP) is 2.77. The summed E-state index contributed by atoms with van der Waals surface area (Å²) in [6, 6.07) is 7.95. The Bertz CT molecular complexity index is 818. The number of hydrogen-bond donors (Lipinski definition) is 2. The first-order valence-corrected chi connectivity index (χ1v) is 9.13. The Morgan fingerprint density at radius 1 is 1.38 bits per heavy atom. The second kappa shape index (κ2) is 6.03. The number of hydrogen-bond acceptors (Lipinski definition) is 5. The normalized spacial score (nSPS) is 22.6. The SMILES string of the molecule is O=C(O)C1=CC(Sc2ccc(-c3ncc[nH]3)cc2)S[C@@H]2CC(=O)N12. The van der Waals surface area contributed by atoms with Crippen molar-refractivity contribution in [3.63, 3.8) is 0 Å². The van der Waals surface area contributed by atoms with Crippen molar-refractivity contribution >= 4 is 35.4 Å². The van der Waals surface area contributed by atoms with E-state index in [0.29, 0.717) is 6.42 Å². The fourth-order valence-corrected chi connectivity index (χ4v) is 5.48. The predicted molar refractivity (Wildman–Crippen MR) is 92.2 cm³/mol. The lowest BCUT2D eigenvalue weighted by Gasteiger charge is -2.44. The fourth-order valence-electron chi connectivity index (χ4n) is 2.67. The van der Waals surface area contributed by atoms with Crippen LogP contribution in [0.5, 0.6) is 0 Å². The number of benzene rings is 1. The van der Waals surface area contributed by atoms with Gasteiger partial charge in [0.05, 0.1) is 16.4 Å². The summed E-state index contributed by atoms with van der Waals surface area (Å²) in [4.78, 5) is 32.7. The summed E-state index contributed by atoms with van der Waals surface area (Å²) in [5, 5.41) is 9.25. The molecule has 1 fully saturated rings. The number of H-pyrrole nitrogens is 1. The Morgan fingerprint density at radius 2 is 2.17 bits per heavy atom. The number of thioether (sulfide) groups is 2. The van der Waals surface area contributed by atoms with Gasteiger partial charge in [-0.05, 0) is 18.2 Å². The fraction of sp³-hybridized carbons (Fsp3) is 0.188. The van der Waals surface area contributed by atoms with E-state index in [9.17, 15) is 14.7 Å². The lowest BCUT2D eigenvalue weighted by molar-refractivity contribution is -0.146. The van der Waals surface area contributed by atoms with Crippen molar-refractivity contribution in [3.05, 3.63) is 48.4 Å². The number of aromatic amines is 1. The van der Waals surface area contributed by atoms with Gasteiger partial charge in [-0.15, -0.1) is 23.5 Å². The molecule has 2 atom stereocenters. The summed E-state index contributed by atoms with van der Waals surface area (Å²) in [6.45, 7) is 0. The molecule has 0 radical (unpaired) electrons. The first-order valence-electron chi connectivity index (χ1n) is 7.31. The van der Waals surface area contributed by atoms with E-state index in [4.69, 9.17) is 0 Å². The lowest BCUT2D eigenvalue weighted by atomic mass is 10.1. The number of carboxylic acids is 1. The van der Waals surface area contributed by atoms with Crippen LogP contribution in [0, 0.1) is 0 Å². The molecule has 2 N–H and O–H groups in total. The molecular weight excluding hydrogens is 346 g/mol. The third kappa shape index (κ3) is 2.71. The highest BCUT2D eigenvalue weighted by molar-refractivity contribution is 8.17. The molecule has 0 bridgehead atoms. The third-order valence-corrected chi connectivity index (χ3v) is 6.48. The van der Waals surface area contributed by atoms with Crippen LogP contribution in [-0.2, 0) is 9.59 Å². The highest BCUT2D eigenvalue weighted by Crippen LogP contribution is 2.46. The number of aromatic nitrogens is 2. The molecule has 1 amide bonds. The van der Waals surface area contributed by atoms with E-state index in [1.54, 1.807) is 42.0 Å². The topological polar surface area (TPSA) is 86.3 Å². The van der Waals surface area contributed by atoms with Gasteiger partial charge in [0.2, 0.25) is 5.91 Å². The molecule has 0 aliphatic carbocycles. The molecule has 2 aliphatic rings. The minimum atomic E-state index is -1.05. The minimum Gasteiger partial charge on any atom is -0.477 e. The molecule has 0 saturated carbocycles. The molecule has 4 rings (SSSR count). The van der Waals surface area contributed by atoms with E-state index >= 15 is 0 Å². The zero-order valence-electron chi connectivity index (χ0n) is 12.4. The lowest BCUT2D eigenvalue weighted by Crippen LogP contribution is -2.53. The van der Waals surface area contributed by atoms with Gasteiger partial charge in [0.1, 0.15) is 11.5 Å². The molecular formula is C16H13N3O3S2. The van der Waals surface area contributed by atoms with Crippen LogP contribution in [0.15, 0.2) is 53.3 Å². The van der Waals surface area contributed by atoms with Crippen molar-refractivity contribution in [2.45, 2.75) is 21.3 Å². The number of fused-ring (bicyclic) bond motifs is 1. The average molecular weight is 359 g/mol. The van der Waals surface area contributed by atoms with Crippen molar-refractivity contribution in [1.29, 1.82) is 0 Å². The van der Waals surface area contributed by atoms with E-state index < -0.39 is 5.97 Å². The van der Waals surface area contributed by atoms with E-state index in [-0.39, 0.29) is 21.6 Å². The van der Waals surface area contributed by atoms with Crippen LogP contribution in [0.1, 0.15) is 6.42 Å². The first-order chi connectivity index (χ1) is 11.6. The van der Waals surface area contributed by atoms with E-state index in [1.165, 1.54) is 4.90 Å². The van der Waals surface area contributed by atoms with Crippen molar-refractivity contribution in [2.24, 2.45) is 0 Å². The summed E-state index contributed by atoms with van der Waals surface area (Å²) < 4.78 is -0.0279. The van der Waals surface area contributed by atoms with E-state index in [2.05, 4.69) is 9.97 Å². The molecule has 1 aromatic heterocycles. The molecule has 0 spiro atoms. The number of carboxylic acid groups (broad SMARTS) is 1. The standard InChI is InChI=1S/C16H13N3O3S2/c20-12-8-13-19(12)11(16(21)22)7-14(24-13)23-10-3-1-9(2-4-10)15-17-5-6-18-15/h1-7,13-14H,8H2,(H,17,18)(H,21,22)/t13-,14?/m1/s1. The van der Waals surface area contributed by atoms with Gasteiger partial charge < -0.3 is 10.1 Å². The Morgan fingerprint density at radius 3 is 2.79 bits per heavy atom. The zero-order valence-corrected chi connectivity index (χ0v) is 14.0. The van der Waals surface area contributed by atoms with Gasteiger partial charge in [0, 0.05) is 22.9 Å². The smallest absolute Gasteiger partial charge is 0.352 e. The number of amides is 1. The number of carbonyl (C=O) groups excluding carboxylic acids is 1. The number of nitrogens with one attached hydrogen (secondary N) is 1. The number of carbonyl (C=O) groups is 2. The summed E-state index contributed by atoms with van der Waals surface area (Å²) in [7, 11) is 0. The van der Waals surface area contributed by atoms with Gasteiger partial charge in [-0.2, -0.15) is 0 Å². The number of β-lactam (4-membered cyclic amide) rings is 1. The molecule has 2 aliphatic heterocycles. The maximum atomic E-state index is 11.6. The molecule has 1 aromatic carbocycles. The van der Waals surface area contributed by atoms with Crippen LogP contribution < -0.4 is 0 Å². The van der Waals surface area contributed by atoms with Crippen LogP contribution >= 0.6 is 23.5 Å². The largest absolute Gasteiger partial charge is 0.477 e. The van der Waals surface area contributed by atoms with Crippen LogP contribution in [0.25, 0.3) is 11.4 Å². The molecule has 6 nitrogen and oxygen atoms in total.